The maximum absolute atomic E-state index is 11.4. The summed E-state index contributed by atoms with van der Waals surface area (Å²) in [4.78, 5) is 11.4. The Kier molecular flexibility index (Phi) is 12.2. The summed E-state index contributed by atoms with van der Waals surface area (Å²) in [6.45, 7) is 16.2. The lowest BCUT2D eigenvalue weighted by Gasteiger charge is -2.41. The number of carbonyl (C=O) groups excluding carboxylic acids is 1. The fourth-order valence-electron chi connectivity index (χ4n) is 3.52. The molecule has 0 aromatic rings. The van der Waals surface area contributed by atoms with Crippen LogP contribution in [0, 0.1) is 11.8 Å². The molecule has 0 aromatic carbocycles. The number of allylic oxidation sites excluding steroid dienone is 3. The third kappa shape index (κ3) is 10.4. The molecule has 174 valence electrons. The van der Waals surface area contributed by atoms with Gasteiger partial charge in [-0.2, -0.15) is 0 Å². The Bertz CT molecular complexity index is 545. The van der Waals surface area contributed by atoms with Crippen LogP contribution in [-0.4, -0.2) is 27.0 Å². The topological polar surface area (TPSA) is 35.5 Å². The predicted octanol–water partition coefficient (Wildman–Crippen LogP) is 7.83. The normalized spacial score (nSPS) is 21.2. The molecule has 0 saturated heterocycles. The van der Waals surface area contributed by atoms with Crippen LogP contribution in [0.25, 0.3) is 0 Å². The molecule has 0 radical (unpaired) electrons. The van der Waals surface area contributed by atoms with Gasteiger partial charge in [0.2, 0.25) is 0 Å². The second-order valence-corrected chi connectivity index (χ2v) is 15.4. The zero-order chi connectivity index (χ0) is 22.6. The molecule has 3 atom stereocenters. The molecule has 1 aliphatic rings. The minimum absolute atomic E-state index is 0.0996. The maximum Gasteiger partial charge on any atom is 0.303 e. The van der Waals surface area contributed by atoms with Crippen LogP contribution < -0.4 is 0 Å². The molecular weight excluding hydrogens is 388 g/mol. The molecule has 0 amide bonds. The highest BCUT2D eigenvalue weighted by Crippen LogP contribution is 2.40. The summed E-state index contributed by atoms with van der Waals surface area (Å²) in [5.41, 5.74) is 0. The van der Waals surface area contributed by atoms with Gasteiger partial charge in [-0.15, -0.1) is 0 Å². The van der Waals surface area contributed by atoms with Crippen LogP contribution >= 0.6 is 0 Å². The van der Waals surface area contributed by atoms with Gasteiger partial charge in [-0.05, 0) is 61.7 Å². The highest BCUT2D eigenvalue weighted by Gasteiger charge is 2.39. The van der Waals surface area contributed by atoms with Crippen molar-refractivity contribution in [2.75, 3.05) is 6.61 Å². The molecular formula is C26H48O3Si. The van der Waals surface area contributed by atoms with Crippen molar-refractivity contribution in [1.82, 2.24) is 0 Å². The van der Waals surface area contributed by atoms with Crippen LogP contribution in [0.2, 0.25) is 18.1 Å². The number of rotatable bonds is 14. The zero-order valence-electron chi connectivity index (χ0n) is 20.8. The summed E-state index contributed by atoms with van der Waals surface area (Å²) in [6.07, 6.45) is 19.4. The molecule has 0 spiro atoms. The minimum Gasteiger partial charge on any atom is -0.458 e. The summed E-state index contributed by atoms with van der Waals surface area (Å²) in [6, 6.07) is 0. The Morgan fingerprint density at radius 3 is 2.30 bits per heavy atom. The van der Waals surface area contributed by atoms with Crippen LogP contribution in [0.1, 0.15) is 92.4 Å². The van der Waals surface area contributed by atoms with Gasteiger partial charge in [-0.25, -0.2) is 0 Å². The molecule has 1 fully saturated rings. The van der Waals surface area contributed by atoms with Gasteiger partial charge in [0.15, 0.2) is 8.32 Å². The number of esters is 1. The fourth-order valence-corrected chi connectivity index (χ4v) is 4.58. The summed E-state index contributed by atoms with van der Waals surface area (Å²) >= 11 is 0. The van der Waals surface area contributed by atoms with Crippen molar-refractivity contribution in [3.05, 3.63) is 24.3 Å². The summed E-state index contributed by atoms with van der Waals surface area (Å²) in [5, 5.41) is 0.270. The van der Waals surface area contributed by atoms with Gasteiger partial charge in [0.05, 0.1) is 0 Å². The first-order valence-corrected chi connectivity index (χ1v) is 15.1. The number of ether oxygens (including phenoxy) is 1. The van der Waals surface area contributed by atoms with E-state index in [2.05, 4.69) is 59.0 Å². The predicted molar refractivity (Wildman–Crippen MR) is 131 cm³/mol. The Morgan fingerprint density at radius 2 is 1.73 bits per heavy atom. The van der Waals surface area contributed by atoms with Crippen molar-refractivity contribution >= 4 is 14.3 Å². The largest absolute Gasteiger partial charge is 0.458 e. The average molecular weight is 437 g/mol. The van der Waals surface area contributed by atoms with Gasteiger partial charge in [-0.1, -0.05) is 78.0 Å². The van der Waals surface area contributed by atoms with E-state index in [1.165, 1.54) is 51.9 Å². The molecule has 0 bridgehead atoms. The molecule has 1 aliphatic carbocycles. The first-order chi connectivity index (χ1) is 14.1. The molecule has 0 heterocycles. The first kappa shape index (κ1) is 27.2. The molecule has 1 unspecified atom stereocenters. The highest BCUT2D eigenvalue weighted by atomic mass is 28.4. The van der Waals surface area contributed by atoms with Crippen LogP contribution in [0.3, 0.4) is 0 Å². The number of unbranched alkanes of at least 4 members (excludes halogenated alkanes) is 5. The van der Waals surface area contributed by atoms with Gasteiger partial charge >= 0.3 is 5.97 Å². The van der Waals surface area contributed by atoms with Crippen molar-refractivity contribution in [2.45, 2.75) is 117 Å². The monoisotopic (exact) mass is 436 g/mol. The Hall–Kier alpha value is -0.873. The van der Waals surface area contributed by atoms with E-state index in [4.69, 9.17) is 9.16 Å². The second-order valence-electron chi connectivity index (χ2n) is 10.5. The highest BCUT2D eigenvalue weighted by molar-refractivity contribution is 6.74. The van der Waals surface area contributed by atoms with Gasteiger partial charge in [0.1, 0.15) is 6.10 Å². The van der Waals surface area contributed by atoms with E-state index >= 15 is 0 Å². The van der Waals surface area contributed by atoms with E-state index in [0.717, 1.165) is 19.4 Å². The van der Waals surface area contributed by atoms with Crippen LogP contribution in [0.4, 0.5) is 0 Å². The van der Waals surface area contributed by atoms with Crippen LogP contribution in [0.5, 0.6) is 0 Å². The Labute approximate surface area is 187 Å². The third-order valence-electron chi connectivity index (χ3n) is 6.90. The van der Waals surface area contributed by atoms with Crippen molar-refractivity contribution in [3.8, 4) is 0 Å². The average Bonchev–Trinajstić information content (AvgIpc) is 2.61. The van der Waals surface area contributed by atoms with Crippen molar-refractivity contribution in [1.29, 1.82) is 0 Å². The van der Waals surface area contributed by atoms with Crippen molar-refractivity contribution in [2.24, 2.45) is 11.8 Å². The van der Waals surface area contributed by atoms with Crippen molar-refractivity contribution in [3.63, 3.8) is 0 Å². The molecule has 4 heteroatoms. The SMILES string of the molecule is CCCCCCCCC(/C=C/C=C/[C@H]1CC[C@H]1CO[Si](C)(C)C(C)(C)C)OC(C)=O. The summed E-state index contributed by atoms with van der Waals surface area (Å²) < 4.78 is 11.9. The van der Waals surface area contributed by atoms with E-state index in [-0.39, 0.29) is 17.1 Å². The minimum atomic E-state index is -1.66. The van der Waals surface area contributed by atoms with Crippen molar-refractivity contribution < 1.29 is 14.0 Å². The zero-order valence-corrected chi connectivity index (χ0v) is 21.8. The standard InChI is InChI=1S/C26H48O3Si/c1-8-9-10-11-12-13-17-25(29-22(2)27)18-15-14-16-23-19-20-24(23)21-28-30(6,7)26(3,4)5/h14-16,18,23-25H,8-13,17,19-21H2,1-7H3/b16-14+,18-15+/t23-,24-,25?/m0/s1. The van der Waals surface area contributed by atoms with Gasteiger partial charge in [0, 0.05) is 13.5 Å². The van der Waals surface area contributed by atoms with Crippen LogP contribution in [-0.2, 0) is 14.0 Å². The van der Waals surface area contributed by atoms with E-state index in [0.29, 0.717) is 11.8 Å². The Morgan fingerprint density at radius 1 is 1.07 bits per heavy atom. The summed E-state index contributed by atoms with van der Waals surface area (Å²) in [7, 11) is -1.66. The molecule has 0 N–H and O–H groups in total. The lowest BCUT2D eigenvalue weighted by molar-refractivity contribution is -0.144. The van der Waals surface area contributed by atoms with E-state index in [9.17, 15) is 4.79 Å². The van der Waals surface area contributed by atoms with Gasteiger partial charge in [0.25, 0.3) is 0 Å². The van der Waals surface area contributed by atoms with E-state index in [1.54, 1.807) is 0 Å². The maximum atomic E-state index is 11.4. The number of hydrogen-bond acceptors (Lipinski definition) is 3. The number of hydrogen-bond donors (Lipinski definition) is 0. The lowest BCUT2D eigenvalue weighted by Crippen LogP contribution is -2.43. The van der Waals surface area contributed by atoms with E-state index < -0.39 is 8.32 Å². The van der Waals surface area contributed by atoms with E-state index in [1.807, 2.05) is 6.08 Å². The van der Waals surface area contributed by atoms with Crippen LogP contribution in [0.15, 0.2) is 24.3 Å². The third-order valence-corrected chi connectivity index (χ3v) is 11.4. The fraction of sp³-hybridized carbons (Fsp3) is 0.808. The lowest BCUT2D eigenvalue weighted by atomic mass is 9.74. The van der Waals surface area contributed by atoms with Gasteiger partial charge < -0.3 is 9.16 Å². The molecule has 1 rings (SSSR count). The second kappa shape index (κ2) is 13.5. The quantitative estimate of drug-likeness (QED) is 0.120. The smallest absolute Gasteiger partial charge is 0.303 e. The number of carbonyl (C=O) groups is 1. The molecule has 0 aliphatic heterocycles. The molecule has 3 nitrogen and oxygen atoms in total. The van der Waals surface area contributed by atoms with Gasteiger partial charge in [-0.3, -0.25) is 4.79 Å². The molecule has 1 saturated carbocycles. The Balaban J connectivity index is 2.41. The first-order valence-electron chi connectivity index (χ1n) is 12.2. The molecule has 30 heavy (non-hydrogen) atoms. The molecule has 0 aromatic heterocycles. The summed E-state index contributed by atoms with van der Waals surface area (Å²) in [5.74, 6) is 1.07.